The van der Waals surface area contributed by atoms with E-state index in [9.17, 15) is 4.79 Å². The fraction of sp³-hybridized carbons (Fsp3) is 0. The normalized spacial score (nSPS) is 14.1. The third-order valence-corrected chi connectivity index (χ3v) is 5.67. The number of nitrogens with zero attached hydrogens (tertiary/aromatic N) is 3. The summed E-state index contributed by atoms with van der Waals surface area (Å²) < 4.78 is 1.90. The Bertz CT molecular complexity index is 1480. The number of fused-ring (bicyclic) bond motifs is 2. The first kappa shape index (κ1) is 19.0. The quantitative estimate of drug-likeness (QED) is 0.379. The standard InChI is InChI=1S/C27H19N5O/c33-26-24(21-9-4-5-10-22(21)30-26)25(19-7-2-1-3-8-19)29-20-13-11-18(12-14-20)23-17-32-16-6-15-28-27(32)31-23/h1-17,29H,(H,30,33)/b25-24-. The lowest BCUT2D eigenvalue weighted by Crippen LogP contribution is -2.10. The van der Waals surface area contributed by atoms with Crippen LogP contribution in [0.5, 0.6) is 0 Å². The molecule has 3 aromatic carbocycles. The van der Waals surface area contributed by atoms with Gasteiger partial charge in [0, 0.05) is 41.1 Å². The van der Waals surface area contributed by atoms with E-state index >= 15 is 0 Å². The maximum atomic E-state index is 12.9. The molecule has 0 unspecified atom stereocenters. The molecule has 6 heteroatoms. The van der Waals surface area contributed by atoms with Gasteiger partial charge >= 0.3 is 0 Å². The first-order valence-electron chi connectivity index (χ1n) is 10.6. The van der Waals surface area contributed by atoms with Gasteiger partial charge in [0.15, 0.2) is 0 Å². The predicted molar refractivity (Wildman–Crippen MR) is 130 cm³/mol. The summed E-state index contributed by atoms with van der Waals surface area (Å²) in [4.78, 5) is 21.8. The van der Waals surface area contributed by atoms with Crippen molar-refractivity contribution < 1.29 is 4.79 Å². The van der Waals surface area contributed by atoms with Gasteiger partial charge < -0.3 is 10.6 Å². The zero-order valence-electron chi connectivity index (χ0n) is 17.6. The summed E-state index contributed by atoms with van der Waals surface area (Å²) in [6.07, 6.45) is 5.62. The Balaban J connectivity index is 1.39. The highest BCUT2D eigenvalue weighted by Gasteiger charge is 2.28. The van der Waals surface area contributed by atoms with Crippen molar-refractivity contribution in [1.82, 2.24) is 14.4 Å². The minimum atomic E-state index is -0.114. The highest BCUT2D eigenvalue weighted by atomic mass is 16.2. The fourth-order valence-electron chi connectivity index (χ4n) is 4.09. The van der Waals surface area contributed by atoms with E-state index in [4.69, 9.17) is 0 Å². The monoisotopic (exact) mass is 429 g/mol. The number of carbonyl (C=O) groups excluding carboxylic acids is 1. The van der Waals surface area contributed by atoms with Crippen LogP contribution in [0, 0.1) is 0 Å². The van der Waals surface area contributed by atoms with Crippen LogP contribution in [0.15, 0.2) is 104 Å². The molecule has 6 rings (SSSR count). The molecule has 2 N–H and O–H groups in total. The van der Waals surface area contributed by atoms with Crippen molar-refractivity contribution in [3.05, 3.63) is 115 Å². The molecule has 0 fully saturated rings. The molecular weight excluding hydrogens is 410 g/mol. The van der Waals surface area contributed by atoms with E-state index in [1.54, 1.807) is 6.20 Å². The second-order valence-corrected chi connectivity index (χ2v) is 7.77. The van der Waals surface area contributed by atoms with Crippen LogP contribution in [0.1, 0.15) is 11.1 Å². The van der Waals surface area contributed by atoms with E-state index in [1.807, 2.05) is 102 Å². The van der Waals surface area contributed by atoms with Gasteiger partial charge in [0.05, 0.1) is 17.0 Å². The van der Waals surface area contributed by atoms with Crippen molar-refractivity contribution in [3.63, 3.8) is 0 Å². The smallest absolute Gasteiger partial charge is 0.258 e. The van der Waals surface area contributed by atoms with Crippen LogP contribution in [0.2, 0.25) is 0 Å². The molecule has 0 spiro atoms. The number of hydrogen-bond acceptors (Lipinski definition) is 4. The average molecular weight is 429 g/mol. The van der Waals surface area contributed by atoms with E-state index < -0.39 is 0 Å². The highest BCUT2D eigenvalue weighted by Crippen LogP contribution is 2.37. The van der Waals surface area contributed by atoms with Crippen molar-refractivity contribution in [3.8, 4) is 11.3 Å². The van der Waals surface area contributed by atoms with Crippen molar-refractivity contribution in [2.45, 2.75) is 0 Å². The molecule has 0 radical (unpaired) electrons. The van der Waals surface area contributed by atoms with Crippen molar-refractivity contribution in [2.24, 2.45) is 0 Å². The van der Waals surface area contributed by atoms with E-state index in [-0.39, 0.29) is 5.91 Å². The lowest BCUT2D eigenvalue weighted by Gasteiger charge is -2.15. The SMILES string of the molecule is O=C1Nc2ccccc2/C1=C(/Nc1ccc(-c2cn3cccnc3n2)cc1)c1ccccc1. The van der Waals surface area contributed by atoms with Gasteiger partial charge in [-0.1, -0.05) is 60.7 Å². The molecule has 158 valence electrons. The van der Waals surface area contributed by atoms with Gasteiger partial charge in [-0.05, 0) is 29.8 Å². The Labute approximate surface area is 190 Å². The van der Waals surface area contributed by atoms with Crippen LogP contribution < -0.4 is 10.6 Å². The third kappa shape index (κ3) is 3.43. The lowest BCUT2D eigenvalue weighted by molar-refractivity contribution is -0.110. The average Bonchev–Trinajstić information content (AvgIpc) is 3.44. The van der Waals surface area contributed by atoms with Crippen LogP contribution >= 0.6 is 0 Å². The van der Waals surface area contributed by atoms with E-state index in [1.165, 1.54) is 0 Å². The second kappa shape index (κ2) is 7.76. The summed E-state index contributed by atoms with van der Waals surface area (Å²) in [5.74, 6) is 0.549. The number of amides is 1. The van der Waals surface area contributed by atoms with Crippen molar-refractivity contribution in [1.29, 1.82) is 0 Å². The van der Waals surface area contributed by atoms with E-state index in [2.05, 4.69) is 20.6 Å². The number of imidazole rings is 1. The topological polar surface area (TPSA) is 71.3 Å². The molecule has 1 aliphatic heterocycles. The summed E-state index contributed by atoms with van der Waals surface area (Å²) >= 11 is 0. The molecule has 0 aliphatic carbocycles. The van der Waals surface area contributed by atoms with Gasteiger partial charge in [0.1, 0.15) is 0 Å². The molecule has 5 aromatic rings. The summed E-state index contributed by atoms with van der Waals surface area (Å²) in [6, 6.07) is 27.6. The number of rotatable bonds is 4. The molecule has 6 nitrogen and oxygen atoms in total. The van der Waals surface area contributed by atoms with Crippen LogP contribution in [0.25, 0.3) is 28.3 Å². The Morgan fingerprint density at radius 1 is 0.879 bits per heavy atom. The van der Waals surface area contributed by atoms with Crippen LogP contribution in [-0.4, -0.2) is 20.3 Å². The Hall–Kier alpha value is -4.71. The fourth-order valence-corrected chi connectivity index (χ4v) is 4.09. The van der Waals surface area contributed by atoms with Crippen LogP contribution in [-0.2, 0) is 4.79 Å². The Morgan fingerprint density at radius 3 is 2.48 bits per heavy atom. The van der Waals surface area contributed by atoms with Crippen LogP contribution in [0.4, 0.5) is 11.4 Å². The summed E-state index contributed by atoms with van der Waals surface area (Å²) in [7, 11) is 0. The molecule has 1 amide bonds. The summed E-state index contributed by atoms with van der Waals surface area (Å²) in [5, 5.41) is 6.47. The summed E-state index contributed by atoms with van der Waals surface area (Å²) in [5.41, 5.74) is 6.77. The zero-order valence-corrected chi connectivity index (χ0v) is 17.6. The number of nitrogens with one attached hydrogen (secondary N) is 2. The third-order valence-electron chi connectivity index (χ3n) is 5.67. The highest BCUT2D eigenvalue weighted by molar-refractivity contribution is 6.37. The predicted octanol–water partition coefficient (Wildman–Crippen LogP) is 5.33. The molecule has 0 saturated carbocycles. The number of carbonyl (C=O) groups is 1. The van der Waals surface area contributed by atoms with Gasteiger partial charge in [0.25, 0.3) is 5.91 Å². The molecule has 33 heavy (non-hydrogen) atoms. The number of anilines is 2. The molecule has 1 aliphatic rings. The Morgan fingerprint density at radius 2 is 1.67 bits per heavy atom. The molecule has 0 bridgehead atoms. The molecule has 0 saturated heterocycles. The van der Waals surface area contributed by atoms with Gasteiger partial charge in [-0.25, -0.2) is 9.97 Å². The molecule has 3 heterocycles. The van der Waals surface area contributed by atoms with E-state index in [0.717, 1.165) is 39.5 Å². The zero-order chi connectivity index (χ0) is 22.2. The van der Waals surface area contributed by atoms with Crippen molar-refractivity contribution in [2.75, 3.05) is 10.6 Å². The first-order valence-corrected chi connectivity index (χ1v) is 10.6. The maximum Gasteiger partial charge on any atom is 0.258 e. The second-order valence-electron chi connectivity index (χ2n) is 7.77. The van der Waals surface area contributed by atoms with Crippen molar-refractivity contribution >= 4 is 34.3 Å². The number of para-hydroxylation sites is 1. The minimum Gasteiger partial charge on any atom is -0.354 e. The van der Waals surface area contributed by atoms with Gasteiger partial charge in [-0.2, -0.15) is 0 Å². The van der Waals surface area contributed by atoms with Gasteiger partial charge in [0.2, 0.25) is 5.78 Å². The summed E-state index contributed by atoms with van der Waals surface area (Å²) in [6.45, 7) is 0. The number of hydrogen-bond donors (Lipinski definition) is 2. The van der Waals surface area contributed by atoms with E-state index in [0.29, 0.717) is 11.4 Å². The van der Waals surface area contributed by atoms with Crippen LogP contribution in [0.3, 0.4) is 0 Å². The minimum absolute atomic E-state index is 0.114. The first-order chi connectivity index (χ1) is 16.3. The van der Waals surface area contributed by atoms with Gasteiger partial charge in [-0.15, -0.1) is 0 Å². The largest absolute Gasteiger partial charge is 0.354 e. The molecule has 2 aromatic heterocycles. The number of aromatic nitrogens is 3. The lowest BCUT2D eigenvalue weighted by atomic mass is 10.00. The number of benzene rings is 3. The molecular formula is C27H19N5O. The maximum absolute atomic E-state index is 12.9. The Kier molecular flexibility index (Phi) is 4.47. The molecule has 0 atom stereocenters. The van der Waals surface area contributed by atoms with Gasteiger partial charge in [-0.3, -0.25) is 9.20 Å².